The molecule has 0 saturated carbocycles. The second-order valence-corrected chi connectivity index (χ2v) is 4.79. The van der Waals surface area contributed by atoms with Crippen LogP contribution in [0.5, 0.6) is 0 Å². The van der Waals surface area contributed by atoms with Crippen LogP contribution in [0.15, 0.2) is 41.1 Å². The summed E-state index contributed by atoms with van der Waals surface area (Å²) < 4.78 is 0. The summed E-state index contributed by atoms with van der Waals surface area (Å²) in [5.74, 6) is 5.29. The van der Waals surface area contributed by atoms with Gasteiger partial charge in [0.15, 0.2) is 0 Å². The second kappa shape index (κ2) is 5.66. The Bertz CT molecular complexity index is 508. The maximum atomic E-state index is 12.1. The van der Waals surface area contributed by atoms with Crippen molar-refractivity contribution < 1.29 is 4.79 Å². The van der Waals surface area contributed by atoms with Gasteiger partial charge in [0.2, 0.25) is 0 Å². The molecule has 18 heavy (non-hydrogen) atoms. The average molecular weight is 261 g/mol. The Balaban J connectivity index is 2.05. The van der Waals surface area contributed by atoms with Crippen molar-refractivity contribution >= 4 is 22.9 Å². The molecule has 1 aromatic heterocycles. The Morgan fingerprint density at radius 2 is 2.06 bits per heavy atom. The molecule has 0 atom stereocenters. The number of nitrogens with zero attached hydrogens (tertiary/aromatic N) is 1. The molecule has 0 fully saturated rings. The summed E-state index contributed by atoms with van der Waals surface area (Å²) >= 11 is 1.63. The summed E-state index contributed by atoms with van der Waals surface area (Å²) in [4.78, 5) is 13.8. The van der Waals surface area contributed by atoms with E-state index < -0.39 is 0 Å². The second-order valence-electron chi connectivity index (χ2n) is 4.01. The highest BCUT2D eigenvalue weighted by atomic mass is 32.1. The first-order valence-electron chi connectivity index (χ1n) is 5.54. The first-order valence-corrected chi connectivity index (χ1v) is 6.48. The van der Waals surface area contributed by atoms with Crippen molar-refractivity contribution in [3.63, 3.8) is 0 Å². The van der Waals surface area contributed by atoms with Crippen molar-refractivity contribution in [1.29, 1.82) is 0 Å². The van der Waals surface area contributed by atoms with E-state index in [1.54, 1.807) is 47.5 Å². The lowest BCUT2D eigenvalue weighted by molar-refractivity contribution is 0.0785. The molecule has 94 valence electrons. The smallest absolute Gasteiger partial charge is 0.253 e. The van der Waals surface area contributed by atoms with Crippen molar-refractivity contribution in [2.75, 3.05) is 12.5 Å². The first kappa shape index (κ1) is 12.6. The highest BCUT2D eigenvalue weighted by Gasteiger charge is 2.11. The maximum Gasteiger partial charge on any atom is 0.253 e. The Morgan fingerprint density at radius 3 is 2.61 bits per heavy atom. The molecule has 2 rings (SSSR count). The number of anilines is 1. The minimum absolute atomic E-state index is 0.00442. The lowest BCUT2D eigenvalue weighted by atomic mass is 10.2. The number of hydrogen-bond donors (Lipinski definition) is 2. The van der Waals surface area contributed by atoms with Crippen LogP contribution < -0.4 is 11.3 Å². The first-order chi connectivity index (χ1) is 8.70. The number of hydrazine groups is 1. The van der Waals surface area contributed by atoms with Crippen LogP contribution in [0.2, 0.25) is 0 Å². The summed E-state index contributed by atoms with van der Waals surface area (Å²) in [7, 11) is 1.80. The Hall–Kier alpha value is -1.85. The molecule has 0 aliphatic rings. The highest BCUT2D eigenvalue weighted by molar-refractivity contribution is 7.07. The summed E-state index contributed by atoms with van der Waals surface area (Å²) in [6, 6.07) is 9.12. The molecule has 5 heteroatoms. The molecule has 0 bridgehead atoms. The van der Waals surface area contributed by atoms with E-state index in [9.17, 15) is 4.79 Å². The van der Waals surface area contributed by atoms with Gasteiger partial charge in [0.05, 0.1) is 0 Å². The largest absolute Gasteiger partial charge is 0.337 e. The fourth-order valence-electron chi connectivity index (χ4n) is 1.66. The normalized spacial score (nSPS) is 10.1. The van der Waals surface area contributed by atoms with Gasteiger partial charge in [-0.25, -0.2) is 0 Å². The topological polar surface area (TPSA) is 58.4 Å². The number of thiophene rings is 1. The van der Waals surface area contributed by atoms with E-state index in [1.807, 2.05) is 16.8 Å². The average Bonchev–Trinajstić information content (AvgIpc) is 2.91. The molecule has 0 aliphatic carbocycles. The summed E-state index contributed by atoms with van der Waals surface area (Å²) in [5.41, 5.74) is 5.13. The van der Waals surface area contributed by atoms with E-state index >= 15 is 0 Å². The predicted octanol–water partition coefficient (Wildman–Crippen LogP) is 2.31. The highest BCUT2D eigenvalue weighted by Crippen LogP contribution is 2.13. The van der Waals surface area contributed by atoms with Crippen LogP contribution in [-0.4, -0.2) is 17.9 Å². The van der Waals surface area contributed by atoms with Crippen LogP contribution in [0.1, 0.15) is 15.9 Å². The number of carbonyl (C=O) groups excluding carboxylic acids is 1. The SMILES string of the molecule is CN(Cc1ccsc1)C(=O)c1ccc(NN)cc1. The molecule has 0 spiro atoms. The van der Waals surface area contributed by atoms with Crippen LogP contribution in [0, 0.1) is 0 Å². The lowest BCUT2D eigenvalue weighted by Crippen LogP contribution is -2.25. The van der Waals surface area contributed by atoms with Gasteiger partial charge in [-0.15, -0.1) is 0 Å². The third-order valence-electron chi connectivity index (χ3n) is 2.65. The van der Waals surface area contributed by atoms with Crippen LogP contribution in [0.4, 0.5) is 5.69 Å². The van der Waals surface area contributed by atoms with Crippen molar-refractivity contribution in [2.24, 2.45) is 5.84 Å². The van der Waals surface area contributed by atoms with Crippen LogP contribution in [0.3, 0.4) is 0 Å². The summed E-state index contributed by atoms with van der Waals surface area (Å²) in [6.07, 6.45) is 0. The Morgan fingerprint density at radius 1 is 1.33 bits per heavy atom. The third kappa shape index (κ3) is 2.88. The van der Waals surface area contributed by atoms with Gasteiger partial charge in [-0.05, 0) is 46.7 Å². The van der Waals surface area contributed by atoms with Gasteiger partial charge >= 0.3 is 0 Å². The number of hydrogen-bond acceptors (Lipinski definition) is 4. The van der Waals surface area contributed by atoms with E-state index in [0.29, 0.717) is 12.1 Å². The molecule has 1 aromatic carbocycles. The van der Waals surface area contributed by atoms with Gasteiger partial charge in [0.1, 0.15) is 0 Å². The number of amides is 1. The zero-order valence-electron chi connectivity index (χ0n) is 10.1. The number of nitrogen functional groups attached to an aromatic ring is 1. The van der Waals surface area contributed by atoms with Crippen LogP contribution in [0.25, 0.3) is 0 Å². The quantitative estimate of drug-likeness (QED) is 0.656. The number of benzene rings is 1. The van der Waals surface area contributed by atoms with E-state index in [-0.39, 0.29) is 5.91 Å². The van der Waals surface area contributed by atoms with E-state index in [2.05, 4.69) is 5.43 Å². The van der Waals surface area contributed by atoms with Crippen LogP contribution in [-0.2, 0) is 6.54 Å². The van der Waals surface area contributed by atoms with Crippen molar-refractivity contribution in [1.82, 2.24) is 4.90 Å². The van der Waals surface area contributed by atoms with Crippen molar-refractivity contribution in [2.45, 2.75) is 6.54 Å². The van der Waals surface area contributed by atoms with Gasteiger partial charge in [-0.3, -0.25) is 10.6 Å². The number of nitrogens with one attached hydrogen (secondary N) is 1. The van der Waals surface area contributed by atoms with Gasteiger partial charge in [-0.1, -0.05) is 0 Å². The fourth-order valence-corrected chi connectivity index (χ4v) is 2.32. The standard InChI is InChI=1S/C13H15N3OS/c1-16(8-10-6-7-18-9-10)13(17)11-2-4-12(15-14)5-3-11/h2-7,9,15H,8,14H2,1H3. The molecular weight excluding hydrogens is 246 g/mol. The Kier molecular flexibility index (Phi) is 3.96. The lowest BCUT2D eigenvalue weighted by Gasteiger charge is -2.16. The molecular formula is C13H15N3OS. The molecule has 0 aliphatic heterocycles. The molecule has 0 saturated heterocycles. The van der Waals surface area contributed by atoms with Gasteiger partial charge in [0.25, 0.3) is 5.91 Å². The molecule has 1 heterocycles. The fraction of sp³-hybridized carbons (Fsp3) is 0.154. The molecule has 0 radical (unpaired) electrons. The number of rotatable bonds is 4. The van der Waals surface area contributed by atoms with Crippen molar-refractivity contribution in [3.05, 3.63) is 52.2 Å². The minimum atomic E-state index is 0.00442. The summed E-state index contributed by atoms with van der Waals surface area (Å²) in [5, 5.41) is 4.06. The Labute approximate surface area is 110 Å². The predicted molar refractivity (Wildman–Crippen MR) is 74.4 cm³/mol. The summed E-state index contributed by atoms with van der Waals surface area (Å²) in [6.45, 7) is 0.624. The van der Waals surface area contributed by atoms with E-state index in [1.165, 1.54) is 0 Å². The van der Waals surface area contributed by atoms with E-state index in [0.717, 1.165) is 11.3 Å². The molecule has 2 aromatic rings. The maximum absolute atomic E-state index is 12.1. The molecule has 4 nitrogen and oxygen atoms in total. The molecule has 0 unspecified atom stereocenters. The zero-order chi connectivity index (χ0) is 13.0. The van der Waals surface area contributed by atoms with Gasteiger partial charge < -0.3 is 10.3 Å². The monoisotopic (exact) mass is 261 g/mol. The molecule has 3 N–H and O–H groups in total. The van der Waals surface area contributed by atoms with Gasteiger partial charge in [0, 0.05) is 24.8 Å². The number of nitrogens with two attached hydrogens (primary N) is 1. The van der Waals surface area contributed by atoms with Crippen LogP contribution >= 0.6 is 11.3 Å². The van der Waals surface area contributed by atoms with Gasteiger partial charge in [-0.2, -0.15) is 11.3 Å². The zero-order valence-corrected chi connectivity index (χ0v) is 10.9. The molecule has 1 amide bonds. The minimum Gasteiger partial charge on any atom is -0.337 e. The third-order valence-corrected chi connectivity index (χ3v) is 3.38. The number of carbonyl (C=O) groups is 1. The van der Waals surface area contributed by atoms with E-state index in [4.69, 9.17) is 5.84 Å². The van der Waals surface area contributed by atoms with Crippen molar-refractivity contribution in [3.8, 4) is 0 Å².